The molecule has 0 spiro atoms. The first-order valence-corrected chi connectivity index (χ1v) is 13.6. The number of anilines is 1. The van der Waals surface area contributed by atoms with E-state index in [1.54, 1.807) is 6.07 Å². The lowest BCUT2D eigenvalue weighted by molar-refractivity contribution is -0.110. The number of aromatic amines is 1. The predicted molar refractivity (Wildman–Crippen MR) is 146 cm³/mol. The van der Waals surface area contributed by atoms with Crippen LogP contribution in [0.2, 0.25) is 0 Å². The van der Waals surface area contributed by atoms with Crippen LogP contribution in [0.5, 0.6) is 0 Å². The standard InChI is InChI=1S/C29H37N5O3/c1-4-33(5-2)16-13-30-27(35)24-18(3)31-26-20(24)9-8-10-21(26)25-22-17-19(11-12-23(22)32-28(25)36)29(37)34-14-6-7-15-34/h11-12,17,31H,4-10,13-16H2,1-3H3,(H,30,35)(H,32,36). The molecule has 8 heteroatoms. The number of nitrogens with zero attached hydrogens (tertiary/aromatic N) is 2. The van der Waals surface area contributed by atoms with Crippen LogP contribution in [0.15, 0.2) is 18.2 Å². The Hall–Kier alpha value is -3.39. The number of hydrogen-bond acceptors (Lipinski definition) is 4. The quantitative estimate of drug-likeness (QED) is 0.500. The molecule has 3 heterocycles. The topological polar surface area (TPSA) is 97.5 Å². The summed E-state index contributed by atoms with van der Waals surface area (Å²) < 4.78 is 0. The number of likely N-dealkylation sites (N-methyl/N-ethyl adjacent to an activating group) is 1. The van der Waals surface area contributed by atoms with Crippen LogP contribution >= 0.6 is 0 Å². The van der Waals surface area contributed by atoms with Crippen LogP contribution < -0.4 is 10.6 Å². The summed E-state index contributed by atoms with van der Waals surface area (Å²) in [6, 6.07) is 5.50. The molecule has 3 N–H and O–H groups in total. The van der Waals surface area contributed by atoms with Crippen molar-refractivity contribution in [3.8, 4) is 0 Å². The zero-order chi connectivity index (χ0) is 26.1. The highest BCUT2D eigenvalue weighted by molar-refractivity contribution is 6.37. The third-order valence-electron chi connectivity index (χ3n) is 7.99. The molecule has 1 aromatic carbocycles. The zero-order valence-corrected chi connectivity index (χ0v) is 22.1. The van der Waals surface area contributed by atoms with Crippen molar-refractivity contribution in [2.75, 3.05) is 44.6 Å². The van der Waals surface area contributed by atoms with E-state index in [2.05, 4.69) is 34.4 Å². The van der Waals surface area contributed by atoms with E-state index in [-0.39, 0.29) is 17.7 Å². The van der Waals surface area contributed by atoms with Gasteiger partial charge in [0.1, 0.15) is 0 Å². The third kappa shape index (κ3) is 4.70. The van der Waals surface area contributed by atoms with Crippen molar-refractivity contribution >= 4 is 34.6 Å². The van der Waals surface area contributed by atoms with Crippen LogP contribution in [0.4, 0.5) is 5.69 Å². The fraction of sp³-hybridized carbons (Fsp3) is 0.483. The Labute approximate surface area is 218 Å². The largest absolute Gasteiger partial charge is 0.358 e. The number of amides is 3. The summed E-state index contributed by atoms with van der Waals surface area (Å²) in [6.07, 6.45) is 4.45. The van der Waals surface area contributed by atoms with Gasteiger partial charge in [-0.15, -0.1) is 0 Å². The number of benzene rings is 1. The van der Waals surface area contributed by atoms with Gasteiger partial charge >= 0.3 is 0 Å². The maximum atomic E-state index is 13.2. The molecule has 1 saturated heterocycles. The van der Waals surface area contributed by atoms with Crippen molar-refractivity contribution in [1.29, 1.82) is 0 Å². The minimum Gasteiger partial charge on any atom is -0.358 e. The fourth-order valence-corrected chi connectivity index (χ4v) is 5.97. The van der Waals surface area contributed by atoms with Gasteiger partial charge in [0, 0.05) is 54.4 Å². The van der Waals surface area contributed by atoms with Gasteiger partial charge < -0.3 is 25.4 Å². The number of fused-ring (bicyclic) bond motifs is 2. The van der Waals surface area contributed by atoms with E-state index in [1.165, 1.54) is 0 Å². The van der Waals surface area contributed by atoms with Crippen molar-refractivity contribution in [1.82, 2.24) is 20.1 Å². The van der Waals surface area contributed by atoms with Crippen molar-refractivity contribution in [2.24, 2.45) is 0 Å². The molecule has 3 amide bonds. The predicted octanol–water partition coefficient (Wildman–Crippen LogP) is 3.83. The monoisotopic (exact) mass is 503 g/mol. The molecule has 5 rings (SSSR count). The van der Waals surface area contributed by atoms with Crippen LogP contribution in [-0.2, 0) is 11.2 Å². The number of rotatable bonds is 7. The van der Waals surface area contributed by atoms with Crippen LogP contribution in [0, 0.1) is 6.92 Å². The third-order valence-corrected chi connectivity index (χ3v) is 7.99. The first kappa shape index (κ1) is 25.3. The van der Waals surface area contributed by atoms with Gasteiger partial charge in [-0.2, -0.15) is 0 Å². The molecule has 2 aliphatic heterocycles. The van der Waals surface area contributed by atoms with Gasteiger partial charge in [0.05, 0.1) is 11.1 Å². The summed E-state index contributed by atoms with van der Waals surface area (Å²) in [7, 11) is 0. The number of H-pyrrole nitrogens is 1. The maximum Gasteiger partial charge on any atom is 0.256 e. The lowest BCUT2D eigenvalue weighted by Crippen LogP contribution is -2.35. The Bertz CT molecular complexity index is 1260. The van der Waals surface area contributed by atoms with Crippen LogP contribution in [0.3, 0.4) is 0 Å². The van der Waals surface area contributed by atoms with Crippen LogP contribution in [0.25, 0.3) is 11.1 Å². The van der Waals surface area contributed by atoms with Crippen molar-refractivity contribution in [2.45, 2.75) is 52.9 Å². The van der Waals surface area contributed by atoms with Crippen LogP contribution in [0.1, 0.15) is 82.8 Å². The van der Waals surface area contributed by atoms with E-state index in [0.717, 1.165) is 98.6 Å². The molecule has 0 bridgehead atoms. The summed E-state index contributed by atoms with van der Waals surface area (Å²) in [4.78, 5) is 47.1. The van der Waals surface area contributed by atoms with Gasteiger partial charge in [0.15, 0.2) is 0 Å². The molecule has 3 aliphatic rings. The number of aryl methyl sites for hydroxylation is 1. The van der Waals surface area contributed by atoms with Gasteiger partial charge in [-0.05, 0) is 81.5 Å². The maximum absolute atomic E-state index is 13.2. The van der Waals surface area contributed by atoms with Gasteiger partial charge in [-0.25, -0.2) is 0 Å². The molecule has 2 aromatic rings. The smallest absolute Gasteiger partial charge is 0.256 e. The van der Waals surface area contributed by atoms with E-state index in [1.807, 2.05) is 24.0 Å². The summed E-state index contributed by atoms with van der Waals surface area (Å²) in [5.74, 6) is -0.197. The van der Waals surface area contributed by atoms with Crippen LogP contribution in [-0.4, -0.2) is 71.8 Å². The second-order valence-corrected chi connectivity index (χ2v) is 10.2. The van der Waals surface area contributed by atoms with Crippen molar-refractivity contribution in [3.63, 3.8) is 0 Å². The van der Waals surface area contributed by atoms with Crippen molar-refractivity contribution in [3.05, 3.63) is 51.8 Å². The Morgan fingerprint density at radius 2 is 1.84 bits per heavy atom. The minimum absolute atomic E-state index is 0.0210. The van der Waals surface area contributed by atoms with E-state index in [9.17, 15) is 14.4 Å². The number of allylic oxidation sites excluding steroid dienone is 1. The first-order valence-electron chi connectivity index (χ1n) is 13.6. The molecular weight excluding hydrogens is 466 g/mol. The molecule has 0 atom stereocenters. The first-order chi connectivity index (χ1) is 17.9. The average molecular weight is 504 g/mol. The Kier molecular flexibility index (Phi) is 7.20. The van der Waals surface area contributed by atoms with Gasteiger partial charge in [-0.3, -0.25) is 14.4 Å². The Balaban J connectivity index is 1.47. The highest BCUT2D eigenvalue weighted by atomic mass is 16.2. The zero-order valence-electron chi connectivity index (χ0n) is 22.1. The van der Waals surface area contributed by atoms with Gasteiger partial charge in [0.25, 0.3) is 17.7 Å². The van der Waals surface area contributed by atoms with Gasteiger partial charge in [-0.1, -0.05) is 13.8 Å². The number of likely N-dealkylation sites (tertiary alicyclic amines) is 1. The van der Waals surface area contributed by atoms with E-state index in [0.29, 0.717) is 23.2 Å². The summed E-state index contributed by atoms with van der Waals surface area (Å²) in [5.41, 5.74) is 7.04. The molecule has 1 fully saturated rings. The number of nitrogens with one attached hydrogen (secondary N) is 3. The lowest BCUT2D eigenvalue weighted by atomic mass is 9.85. The fourth-order valence-electron chi connectivity index (χ4n) is 5.97. The second-order valence-electron chi connectivity index (χ2n) is 10.2. The summed E-state index contributed by atoms with van der Waals surface area (Å²) in [6.45, 7) is 11.1. The highest BCUT2D eigenvalue weighted by Gasteiger charge is 2.34. The summed E-state index contributed by atoms with van der Waals surface area (Å²) in [5, 5.41) is 6.08. The van der Waals surface area contributed by atoms with E-state index < -0.39 is 0 Å². The second kappa shape index (κ2) is 10.5. The molecule has 0 radical (unpaired) electrons. The number of hydrogen-bond donors (Lipinski definition) is 3. The molecule has 37 heavy (non-hydrogen) atoms. The minimum atomic E-state index is -0.152. The number of aromatic nitrogens is 1. The SMILES string of the molecule is CCN(CC)CCNC(=O)c1c(C)[nH]c2c1CCCC2=C1C(=O)Nc2ccc(C(=O)N3CCCC3)cc21. The highest BCUT2D eigenvalue weighted by Crippen LogP contribution is 2.43. The molecule has 8 nitrogen and oxygen atoms in total. The van der Waals surface area contributed by atoms with E-state index >= 15 is 0 Å². The Morgan fingerprint density at radius 3 is 2.57 bits per heavy atom. The van der Waals surface area contributed by atoms with Gasteiger partial charge in [0.2, 0.25) is 0 Å². The average Bonchev–Trinajstić information content (AvgIpc) is 3.62. The molecule has 0 unspecified atom stereocenters. The number of carbonyl (C=O) groups excluding carboxylic acids is 3. The summed E-state index contributed by atoms with van der Waals surface area (Å²) >= 11 is 0. The lowest BCUT2D eigenvalue weighted by Gasteiger charge is -2.20. The van der Waals surface area contributed by atoms with E-state index in [4.69, 9.17) is 0 Å². The normalized spacial score (nSPS) is 18.7. The number of carbonyl (C=O) groups is 3. The molecular formula is C29H37N5O3. The Morgan fingerprint density at radius 1 is 1.08 bits per heavy atom. The molecule has 1 aliphatic carbocycles. The van der Waals surface area contributed by atoms with Crippen molar-refractivity contribution < 1.29 is 14.4 Å². The molecule has 0 saturated carbocycles. The molecule has 196 valence electrons. The molecule has 1 aromatic heterocycles.